The normalized spacial score (nSPS) is 10.6. The predicted octanol–water partition coefficient (Wildman–Crippen LogP) is 5.00. The minimum atomic E-state index is -0.919. The van der Waals surface area contributed by atoms with Crippen molar-refractivity contribution in [1.82, 2.24) is 5.43 Å². The van der Waals surface area contributed by atoms with E-state index in [2.05, 4.69) is 26.5 Å². The number of carbonyl (C=O) groups excluding carboxylic acids is 2. The number of nitro benzene ring substituents is 1. The van der Waals surface area contributed by atoms with Gasteiger partial charge < -0.3 is 9.47 Å². The summed E-state index contributed by atoms with van der Waals surface area (Å²) in [5, 5.41) is 15.6. The Labute approximate surface area is 201 Å². The number of methoxy groups -OCH3 is 1. The molecule has 0 aliphatic heterocycles. The summed E-state index contributed by atoms with van der Waals surface area (Å²) in [4.78, 5) is 35.8. The van der Waals surface area contributed by atoms with Crippen molar-refractivity contribution < 1.29 is 24.0 Å². The van der Waals surface area contributed by atoms with Crippen LogP contribution < -0.4 is 14.9 Å². The minimum Gasteiger partial charge on any atom is -0.496 e. The molecule has 11 heteroatoms. The molecule has 0 aromatic heterocycles. The minimum absolute atomic E-state index is 0.0189. The summed E-state index contributed by atoms with van der Waals surface area (Å²) in [5.74, 6) is -1.58. The highest BCUT2D eigenvalue weighted by Gasteiger charge is 2.24. The highest BCUT2D eigenvalue weighted by Crippen LogP contribution is 2.32. The van der Waals surface area contributed by atoms with Crippen molar-refractivity contribution in [2.45, 2.75) is 0 Å². The van der Waals surface area contributed by atoms with Crippen LogP contribution in [0, 0.1) is 10.1 Å². The second-order valence-electron chi connectivity index (χ2n) is 6.39. The number of hydrogen-bond donors (Lipinski definition) is 1. The van der Waals surface area contributed by atoms with Crippen LogP contribution in [0.1, 0.15) is 26.3 Å². The predicted molar refractivity (Wildman–Crippen MR) is 125 cm³/mol. The van der Waals surface area contributed by atoms with Crippen LogP contribution in [-0.2, 0) is 0 Å². The zero-order valence-corrected chi connectivity index (χ0v) is 19.3. The number of carbonyl (C=O) groups is 2. The number of para-hydroxylation sites is 1. The van der Waals surface area contributed by atoms with E-state index in [1.54, 1.807) is 24.3 Å². The van der Waals surface area contributed by atoms with Gasteiger partial charge in [0.05, 0.1) is 18.2 Å². The topological polar surface area (TPSA) is 120 Å². The Hall–Kier alpha value is -3.76. The number of hydrazone groups is 1. The molecule has 0 heterocycles. The van der Waals surface area contributed by atoms with Gasteiger partial charge in [-0.15, -0.1) is 0 Å². The second kappa shape index (κ2) is 10.7. The second-order valence-corrected chi connectivity index (χ2v) is 7.74. The van der Waals surface area contributed by atoms with Crippen LogP contribution in [0.5, 0.6) is 11.5 Å². The molecule has 0 bridgehead atoms. The van der Waals surface area contributed by atoms with Crippen LogP contribution in [0.4, 0.5) is 5.69 Å². The fraction of sp³-hybridized carbons (Fsp3) is 0.0455. The molecule has 0 unspecified atom stereocenters. The van der Waals surface area contributed by atoms with E-state index in [4.69, 9.17) is 21.1 Å². The molecule has 33 heavy (non-hydrogen) atoms. The van der Waals surface area contributed by atoms with Crippen molar-refractivity contribution in [2.75, 3.05) is 7.11 Å². The number of benzene rings is 3. The van der Waals surface area contributed by atoms with Crippen molar-refractivity contribution in [1.29, 1.82) is 0 Å². The van der Waals surface area contributed by atoms with E-state index < -0.39 is 22.5 Å². The van der Waals surface area contributed by atoms with Crippen LogP contribution in [-0.4, -0.2) is 30.1 Å². The zero-order valence-electron chi connectivity index (χ0n) is 17.0. The van der Waals surface area contributed by atoms with Crippen LogP contribution in [0.3, 0.4) is 0 Å². The molecule has 0 saturated carbocycles. The van der Waals surface area contributed by atoms with Crippen molar-refractivity contribution in [3.63, 3.8) is 0 Å². The monoisotopic (exact) mass is 531 g/mol. The molecule has 0 aliphatic carbocycles. The van der Waals surface area contributed by atoms with Gasteiger partial charge >= 0.3 is 11.7 Å². The molecule has 9 nitrogen and oxygen atoms in total. The van der Waals surface area contributed by atoms with Gasteiger partial charge in [-0.2, -0.15) is 5.10 Å². The first-order chi connectivity index (χ1) is 15.8. The van der Waals surface area contributed by atoms with E-state index in [1.165, 1.54) is 43.5 Å². The molecular weight excluding hydrogens is 518 g/mol. The number of nitrogens with one attached hydrogen (secondary N) is 1. The average Bonchev–Trinajstić information content (AvgIpc) is 2.80. The van der Waals surface area contributed by atoms with Crippen molar-refractivity contribution in [3.05, 3.63) is 97.0 Å². The molecule has 0 spiro atoms. The Morgan fingerprint density at radius 3 is 2.55 bits per heavy atom. The summed E-state index contributed by atoms with van der Waals surface area (Å²) in [6.45, 7) is 0. The van der Waals surface area contributed by atoms with Crippen LogP contribution in [0.2, 0.25) is 5.02 Å². The van der Waals surface area contributed by atoms with Gasteiger partial charge in [0.2, 0.25) is 5.75 Å². The van der Waals surface area contributed by atoms with Gasteiger partial charge in [-0.05, 0) is 48.5 Å². The van der Waals surface area contributed by atoms with Crippen molar-refractivity contribution in [2.24, 2.45) is 5.10 Å². The van der Waals surface area contributed by atoms with E-state index in [0.717, 1.165) is 10.7 Å². The fourth-order valence-corrected chi connectivity index (χ4v) is 3.15. The van der Waals surface area contributed by atoms with E-state index in [0.29, 0.717) is 5.56 Å². The maximum absolute atomic E-state index is 12.8. The van der Waals surface area contributed by atoms with Gasteiger partial charge in [-0.1, -0.05) is 33.6 Å². The number of esters is 1. The number of amides is 1. The Balaban J connectivity index is 1.88. The van der Waals surface area contributed by atoms with Crippen LogP contribution in [0.15, 0.2) is 70.2 Å². The molecule has 1 amide bonds. The zero-order chi connectivity index (χ0) is 24.0. The quantitative estimate of drug-likeness (QED) is 0.150. The van der Waals surface area contributed by atoms with Gasteiger partial charge in [0.1, 0.15) is 11.3 Å². The number of hydrogen-bond acceptors (Lipinski definition) is 7. The summed E-state index contributed by atoms with van der Waals surface area (Å²) in [6, 6.07) is 14.9. The number of ether oxygens (including phenoxy) is 2. The van der Waals surface area contributed by atoms with E-state index in [1.807, 2.05) is 0 Å². The summed E-state index contributed by atoms with van der Waals surface area (Å²) in [5.41, 5.74) is 2.28. The lowest BCUT2D eigenvalue weighted by Gasteiger charge is -2.11. The smallest absolute Gasteiger partial charge is 0.347 e. The van der Waals surface area contributed by atoms with Gasteiger partial charge in [0.25, 0.3) is 5.91 Å². The van der Waals surface area contributed by atoms with E-state index in [9.17, 15) is 19.7 Å². The Morgan fingerprint density at radius 2 is 1.88 bits per heavy atom. The van der Waals surface area contributed by atoms with Gasteiger partial charge in [-0.25, -0.2) is 10.2 Å². The first-order valence-corrected chi connectivity index (χ1v) is 10.4. The van der Waals surface area contributed by atoms with Gasteiger partial charge in [-0.3, -0.25) is 14.9 Å². The van der Waals surface area contributed by atoms with Crippen LogP contribution in [0.25, 0.3) is 0 Å². The summed E-state index contributed by atoms with van der Waals surface area (Å²) in [6.07, 6.45) is 1.14. The highest BCUT2D eigenvalue weighted by molar-refractivity contribution is 9.10. The summed E-state index contributed by atoms with van der Waals surface area (Å²) < 4.78 is 11.3. The van der Waals surface area contributed by atoms with Gasteiger partial charge in [0.15, 0.2) is 0 Å². The lowest BCUT2D eigenvalue weighted by atomic mass is 10.1. The third-order valence-electron chi connectivity index (χ3n) is 4.27. The number of rotatable bonds is 7. The molecule has 3 aromatic carbocycles. The van der Waals surface area contributed by atoms with E-state index in [-0.39, 0.29) is 27.6 Å². The lowest BCUT2D eigenvalue weighted by Crippen LogP contribution is -2.17. The number of nitrogens with zero attached hydrogens (tertiary/aromatic N) is 2. The van der Waals surface area contributed by atoms with Crippen molar-refractivity contribution >= 4 is 51.3 Å². The van der Waals surface area contributed by atoms with Crippen LogP contribution >= 0.6 is 27.5 Å². The molecule has 1 N–H and O–H groups in total. The fourth-order valence-electron chi connectivity index (χ4n) is 2.71. The molecule has 0 fully saturated rings. The first kappa shape index (κ1) is 23.9. The number of halogens is 2. The SMILES string of the molecule is COc1ccc(Cl)cc1C(=O)Oc1c(/C=N/NC(=O)c2ccc(Br)cc2)cccc1[N+](=O)[O-]. The number of nitro groups is 1. The Kier molecular flexibility index (Phi) is 7.75. The Bertz CT molecular complexity index is 1250. The largest absolute Gasteiger partial charge is 0.496 e. The third-order valence-corrected chi connectivity index (χ3v) is 5.04. The Morgan fingerprint density at radius 1 is 1.15 bits per heavy atom. The molecule has 0 aliphatic rings. The molecular formula is C22H15BrClN3O6. The molecule has 3 rings (SSSR count). The van der Waals surface area contributed by atoms with E-state index >= 15 is 0 Å². The molecule has 168 valence electrons. The first-order valence-electron chi connectivity index (χ1n) is 9.22. The summed E-state index contributed by atoms with van der Waals surface area (Å²) in [7, 11) is 1.36. The maximum atomic E-state index is 12.8. The molecule has 0 atom stereocenters. The highest BCUT2D eigenvalue weighted by atomic mass is 79.9. The van der Waals surface area contributed by atoms with Crippen molar-refractivity contribution in [3.8, 4) is 11.5 Å². The maximum Gasteiger partial charge on any atom is 0.347 e. The standard InChI is InChI=1S/C22H15BrClN3O6/c1-32-19-10-9-16(24)11-17(19)22(29)33-20-14(3-2-4-18(20)27(30)31)12-25-26-21(28)13-5-7-15(23)8-6-13/h2-12H,1H3,(H,26,28)/b25-12+. The summed E-state index contributed by atoms with van der Waals surface area (Å²) >= 11 is 9.24. The molecule has 0 saturated heterocycles. The van der Waals surface area contributed by atoms with Gasteiger partial charge in [0, 0.05) is 26.7 Å². The molecule has 3 aromatic rings. The molecule has 0 radical (unpaired) electrons. The lowest BCUT2D eigenvalue weighted by molar-refractivity contribution is -0.385. The third kappa shape index (κ3) is 5.93. The average molecular weight is 533 g/mol.